The van der Waals surface area contributed by atoms with Gasteiger partial charge in [0, 0.05) is 24.2 Å². The number of aromatic nitrogens is 1. The number of aryl methyl sites for hydroxylation is 1. The molecule has 0 saturated carbocycles. The van der Waals surface area contributed by atoms with Gasteiger partial charge in [0.05, 0.1) is 24.6 Å². The van der Waals surface area contributed by atoms with Gasteiger partial charge in [0.2, 0.25) is 0 Å². The Morgan fingerprint density at radius 2 is 1.89 bits per heavy atom. The Hall–Kier alpha value is -2.53. The molecule has 0 spiro atoms. The number of benzene rings is 2. The Labute approximate surface area is 162 Å². The number of methoxy groups -OCH3 is 1. The van der Waals surface area contributed by atoms with E-state index in [1.807, 2.05) is 6.92 Å². The van der Waals surface area contributed by atoms with Gasteiger partial charge in [-0.05, 0) is 36.2 Å². The summed E-state index contributed by atoms with van der Waals surface area (Å²) in [5, 5.41) is 0.0158. The van der Waals surface area contributed by atoms with Crippen LogP contribution in [-0.2, 0) is 6.54 Å². The molecule has 0 unspecified atom stereocenters. The van der Waals surface area contributed by atoms with Gasteiger partial charge in [-0.1, -0.05) is 19.1 Å². The minimum absolute atomic E-state index is 0.0158. The van der Waals surface area contributed by atoms with Gasteiger partial charge >= 0.3 is 0 Å². The molecule has 0 saturated heterocycles. The molecule has 1 aromatic heterocycles. The highest BCUT2D eigenvalue weighted by Crippen LogP contribution is 2.29. The van der Waals surface area contributed by atoms with Crippen molar-refractivity contribution in [2.24, 2.45) is 0 Å². The van der Waals surface area contributed by atoms with Crippen molar-refractivity contribution in [3.63, 3.8) is 0 Å². The van der Waals surface area contributed by atoms with E-state index in [0.29, 0.717) is 47.2 Å². The van der Waals surface area contributed by atoms with Crippen LogP contribution in [0, 0.1) is 5.82 Å². The average molecular weight is 390 g/mol. The zero-order chi connectivity index (χ0) is 19.4. The summed E-state index contributed by atoms with van der Waals surface area (Å²) in [6, 6.07) is 9.93. The highest BCUT2D eigenvalue weighted by Gasteiger charge is 2.18. The van der Waals surface area contributed by atoms with E-state index in [4.69, 9.17) is 21.1 Å². The standard InChI is InChI=1S/C21H21ClFNO3/c1-3-12-27-18-9-8-17(23)19-20(18)24(11-10-22)13-16(21(19)25)14-4-6-15(26-2)7-5-14/h4-9,13H,3,10-12H2,1-2H3. The minimum atomic E-state index is -0.572. The lowest BCUT2D eigenvalue weighted by molar-refractivity contribution is 0.319. The molecule has 0 N–H and O–H groups in total. The van der Waals surface area contributed by atoms with E-state index >= 15 is 0 Å². The predicted molar refractivity (Wildman–Crippen MR) is 107 cm³/mol. The smallest absolute Gasteiger partial charge is 0.200 e. The maximum absolute atomic E-state index is 14.7. The summed E-state index contributed by atoms with van der Waals surface area (Å²) in [5.41, 5.74) is 1.15. The molecule has 0 aliphatic rings. The van der Waals surface area contributed by atoms with Crippen LogP contribution in [0.3, 0.4) is 0 Å². The van der Waals surface area contributed by atoms with E-state index in [2.05, 4.69) is 0 Å². The number of pyridine rings is 1. The van der Waals surface area contributed by atoms with Crippen LogP contribution in [0.1, 0.15) is 13.3 Å². The van der Waals surface area contributed by atoms with E-state index in [-0.39, 0.29) is 10.8 Å². The number of halogens is 2. The average Bonchev–Trinajstić information content (AvgIpc) is 2.69. The molecule has 4 nitrogen and oxygen atoms in total. The summed E-state index contributed by atoms with van der Waals surface area (Å²) < 4.78 is 27.4. The maximum atomic E-state index is 14.7. The SMILES string of the molecule is CCCOc1ccc(F)c2c(=O)c(-c3ccc(OC)cc3)cn(CCCl)c12. The molecule has 0 radical (unpaired) electrons. The largest absolute Gasteiger partial charge is 0.497 e. The second-order valence-corrected chi connectivity index (χ2v) is 6.48. The number of ether oxygens (including phenoxy) is 2. The molecule has 3 rings (SSSR count). The van der Waals surface area contributed by atoms with Crippen molar-refractivity contribution >= 4 is 22.5 Å². The molecule has 0 atom stereocenters. The quantitative estimate of drug-likeness (QED) is 0.543. The van der Waals surface area contributed by atoms with Gasteiger partial charge in [-0.3, -0.25) is 4.79 Å². The molecule has 1 heterocycles. The maximum Gasteiger partial charge on any atom is 0.200 e. The van der Waals surface area contributed by atoms with Crippen molar-refractivity contribution < 1.29 is 13.9 Å². The zero-order valence-electron chi connectivity index (χ0n) is 15.3. The molecular formula is C21H21ClFNO3. The number of hydrogen-bond donors (Lipinski definition) is 0. The van der Waals surface area contributed by atoms with Crippen LogP contribution in [0.5, 0.6) is 11.5 Å². The van der Waals surface area contributed by atoms with E-state index in [9.17, 15) is 9.18 Å². The van der Waals surface area contributed by atoms with Crippen molar-refractivity contribution in [3.05, 3.63) is 58.6 Å². The lowest BCUT2D eigenvalue weighted by Crippen LogP contribution is -2.15. The first kappa shape index (κ1) is 19.2. The third-order valence-corrected chi connectivity index (χ3v) is 4.49. The summed E-state index contributed by atoms with van der Waals surface area (Å²) in [4.78, 5) is 13.1. The van der Waals surface area contributed by atoms with Gasteiger partial charge in [0.1, 0.15) is 17.3 Å². The summed E-state index contributed by atoms with van der Waals surface area (Å²) >= 11 is 5.96. The molecule has 3 aromatic rings. The Morgan fingerprint density at radius 1 is 1.15 bits per heavy atom. The first-order chi connectivity index (χ1) is 13.1. The van der Waals surface area contributed by atoms with Crippen molar-refractivity contribution in [3.8, 4) is 22.6 Å². The van der Waals surface area contributed by atoms with E-state index in [1.54, 1.807) is 48.2 Å². The molecular weight excluding hydrogens is 369 g/mol. The number of rotatable bonds is 7. The molecule has 6 heteroatoms. The number of nitrogens with zero attached hydrogens (tertiary/aromatic N) is 1. The van der Waals surface area contributed by atoms with Gasteiger partial charge < -0.3 is 14.0 Å². The van der Waals surface area contributed by atoms with E-state index < -0.39 is 5.82 Å². The second kappa shape index (κ2) is 8.44. The van der Waals surface area contributed by atoms with E-state index in [0.717, 1.165) is 6.42 Å². The Balaban J connectivity index is 2.29. The van der Waals surface area contributed by atoms with Gasteiger partial charge in [0.15, 0.2) is 5.43 Å². The summed E-state index contributed by atoms with van der Waals surface area (Å²) in [6.45, 7) is 2.89. The summed E-state index contributed by atoms with van der Waals surface area (Å²) in [7, 11) is 1.58. The van der Waals surface area contributed by atoms with Gasteiger partial charge in [-0.15, -0.1) is 11.6 Å². The zero-order valence-corrected chi connectivity index (χ0v) is 16.1. The molecule has 27 heavy (non-hydrogen) atoms. The van der Waals surface area contributed by atoms with Gasteiger partial charge in [-0.25, -0.2) is 4.39 Å². The Kier molecular flexibility index (Phi) is 6.01. The van der Waals surface area contributed by atoms with Crippen LogP contribution in [0.15, 0.2) is 47.4 Å². The lowest BCUT2D eigenvalue weighted by atomic mass is 10.0. The predicted octanol–water partition coefficient (Wildman–Crippen LogP) is 4.84. The third-order valence-electron chi connectivity index (χ3n) is 4.32. The van der Waals surface area contributed by atoms with Crippen LogP contribution in [-0.4, -0.2) is 24.2 Å². The highest BCUT2D eigenvalue weighted by molar-refractivity contribution is 6.17. The first-order valence-corrected chi connectivity index (χ1v) is 9.33. The van der Waals surface area contributed by atoms with Crippen LogP contribution in [0.25, 0.3) is 22.0 Å². The van der Waals surface area contributed by atoms with Crippen LogP contribution in [0.4, 0.5) is 4.39 Å². The van der Waals surface area contributed by atoms with Crippen LogP contribution < -0.4 is 14.9 Å². The van der Waals surface area contributed by atoms with Crippen molar-refractivity contribution in [2.45, 2.75) is 19.9 Å². The van der Waals surface area contributed by atoms with Crippen LogP contribution >= 0.6 is 11.6 Å². The van der Waals surface area contributed by atoms with Crippen LogP contribution in [0.2, 0.25) is 0 Å². The lowest BCUT2D eigenvalue weighted by Gasteiger charge is -2.17. The topological polar surface area (TPSA) is 40.5 Å². The number of alkyl halides is 1. The molecule has 0 fully saturated rings. The molecule has 0 aliphatic carbocycles. The Bertz CT molecular complexity index is 999. The fourth-order valence-electron chi connectivity index (χ4n) is 3.03. The second-order valence-electron chi connectivity index (χ2n) is 6.10. The molecule has 0 amide bonds. The van der Waals surface area contributed by atoms with Crippen molar-refractivity contribution in [1.29, 1.82) is 0 Å². The normalized spacial score (nSPS) is 11.0. The third kappa shape index (κ3) is 3.78. The molecule has 142 valence electrons. The minimum Gasteiger partial charge on any atom is -0.497 e. The highest BCUT2D eigenvalue weighted by atomic mass is 35.5. The van der Waals surface area contributed by atoms with E-state index in [1.165, 1.54) is 6.07 Å². The summed E-state index contributed by atoms with van der Waals surface area (Å²) in [6.07, 6.45) is 2.52. The first-order valence-electron chi connectivity index (χ1n) is 8.79. The summed E-state index contributed by atoms with van der Waals surface area (Å²) in [5.74, 6) is 0.917. The number of hydrogen-bond acceptors (Lipinski definition) is 3. The van der Waals surface area contributed by atoms with Gasteiger partial charge in [-0.2, -0.15) is 0 Å². The molecule has 2 aromatic carbocycles. The Morgan fingerprint density at radius 3 is 2.52 bits per heavy atom. The molecule has 0 aliphatic heterocycles. The monoisotopic (exact) mass is 389 g/mol. The number of fused-ring (bicyclic) bond motifs is 1. The molecule has 0 bridgehead atoms. The van der Waals surface area contributed by atoms with Crippen molar-refractivity contribution in [1.82, 2.24) is 4.57 Å². The van der Waals surface area contributed by atoms with Crippen molar-refractivity contribution in [2.75, 3.05) is 19.6 Å². The fourth-order valence-corrected chi connectivity index (χ4v) is 3.22. The van der Waals surface area contributed by atoms with Gasteiger partial charge in [0.25, 0.3) is 0 Å². The fraction of sp³-hybridized carbons (Fsp3) is 0.286.